The van der Waals surface area contributed by atoms with Gasteiger partial charge in [0.15, 0.2) is 5.78 Å². The Morgan fingerprint density at radius 2 is 1.90 bits per heavy atom. The summed E-state index contributed by atoms with van der Waals surface area (Å²) in [5.41, 5.74) is 0.407. The van der Waals surface area contributed by atoms with E-state index in [4.69, 9.17) is 0 Å². The molecule has 0 aliphatic heterocycles. The highest BCUT2D eigenvalue weighted by Crippen LogP contribution is 2.10. The molecule has 0 heterocycles. The van der Waals surface area contributed by atoms with Crippen molar-refractivity contribution in [3.05, 3.63) is 29.8 Å². The van der Waals surface area contributed by atoms with Crippen molar-refractivity contribution < 1.29 is 26.7 Å². The Morgan fingerprint density at radius 3 is 2.40 bits per heavy atom. The molecule has 0 atom stereocenters. The second kappa shape index (κ2) is 7.41. The highest BCUT2D eigenvalue weighted by atomic mass is 32.2. The van der Waals surface area contributed by atoms with Crippen LogP contribution in [0.25, 0.3) is 0 Å². The monoisotopic (exact) mass is 307 g/mol. The van der Waals surface area contributed by atoms with E-state index >= 15 is 0 Å². The molecule has 0 fully saturated rings. The number of carbonyl (C=O) groups excluding carboxylic acids is 1. The fraction of sp³-hybridized carbons (Fsp3) is 0.417. The predicted molar refractivity (Wildman–Crippen MR) is 68.5 cm³/mol. The molecular weight excluding hydrogens is 292 g/mol. The Morgan fingerprint density at radius 1 is 1.30 bits per heavy atom. The first kappa shape index (κ1) is 16.7. The van der Waals surface area contributed by atoms with Gasteiger partial charge >= 0.3 is 0 Å². The molecule has 0 spiro atoms. The SMILES string of the molecule is CC(=O)c1ccc(S(=O)(=O)NCCOCC(F)F)cc1. The van der Waals surface area contributed by atoms with Gasteiger partial charge in [0.1, 0.15) is 6.61 Å². The van der Waals surface area contributed by atoms with Crippen molar-refractivity contribution in [3.63, 3.8) is 0 Å². The van der Waals surface area contributed by atoms with Gasteiger partial charge in [0.05, 0.1) is 11.5 Å². The number of benzene rings is 1. The Bertz CT molecular complexity index is 543. The fourth-order valence-corrected chi connectivity index (χ4v) is 2.39. The van der Waals surface area contributed by atoms with Crippen LogP contribution in [0.3, 0.4) is 0 Å². The zero-order chi connectivity index (χ0) is 15.2. The number of ether oxygens (including phenoxy) is 1. The molecule has 0 radical (unpaired) electrons. The van der Waals surface area contributed by atoms with Gasteiger partial charge < -0.3 is 4.74 Å². The van der Waals surface area contributed by atoms with Crippen molar-refractivity contribution in [1.29, 1.82) is 0 Å². The molecule has 0 bridgehead atoms. The quantitative estimate of drug-likeness (QED) is 0.583. The molecule has 8 heteroatoms. The van der Waals surface area contributed by atoms with Gasteiger partial charge in [0.2, 0.25) is 10.0 Å². The minimum absolute atomic E-state index is 0.00337. The number of sulfonamides is 1. The summed E-state index contributed by atoms with van der Waals surface area (Å²) in [6, 6.07) is 5.42. The lowest BCUT2D eigenvalue weighted by molar-refractivity contribution is 0.0199. The minimum atomic E-state index is -3.73. The summed E-state index contributed by atoms with van der Waals surface area (Å²) >= 11 is 0. The Labute approximate surface area is 116 Å². The van der Waals surface area contributed by atoms with E-state index in [0.29, 0.717) is 5.56 Å². The molecule has 1 rings (SSSR count). The summed E-state index contributed by atoms with van der Waals surface area (Å²) in [5, 5.41) is 0. The molecule has 112 valence electrons. The molecule has 0 aromatic heterocycles. The largest absolute Gasteiger partial charge is 0.374 e. The van der Waals surface area contributed by atoms with Crippen molar-refractivity contribution in [2.24, 2.45) is 0 Å². The van der Waals surface area contributed by atoms with Crippen LogP contribution in [0.5, 0.6) is 0 Å². The van der Waals surface area contributed by atoms with E-state index in [9.17, 15) is 22.0 Å². The molecule has 0 amide bonds. The molecule has 1 aromatic carbocycles. The smallest absolute Gasteiger partial charge is 0.261 e. The van der Waals surface area contributed by atoms with Gasteiger partial charge in [-0.15, -0.1) is 0 Å². The lowest BCUT2D eigenvalue weighted by Gasteiger charge is -2.07. The van der Waals surface area contributed by atoms with Gasteiger partial charge in [-0.05, 0) is 19.1 Å². The van der Waals surface area contributed by atoms with E-state index in [-0.39, 0.29) is 23.8 Å². The van der Waals surface area contributed by atoms with Crippen LogP contribution in [0.2, 0.25) is 0 Å². The molecule has 0 saturated heterocycles. The summed E-state index contributed by atoms with van der Waals surface area (Å²) in [5.74, 6) is -0.165. The van der Waals surface area contributed by atoms with Gasteiger partial charge in [-0.1, -0.05) is 12.1 Å². The topological polar surface area (TPSA) is 72.5 Å². The maximum atomic E-state index is 11.8. The maximum absolute atomic E-state index is 11.8. The number of hydrogen-bond acceptors (Lipinski definition) is 4. The van der Waals surface area contributed by atoms with Crippen molar-refractivity contribution >= 4 is 15.8 Å². The Balaban J connectivity index is 2.54. The number of alkyl halides is 2. The van der Waals surface area contributed by atoms with E-state index in [2.05, 4.69) is 9.46 Å². The molecular formula is C12H15F2NO4S. The van der Waals surface area contributed by atoms with E-state index in [1.165, 1.54) is 31.2 Å². The average molecular weight is 307 g/mol. The lowest BCUT2D eigenvalue weighted by Crippen LogP contribution is -2.28. The number of Topliss-reactive ketones (excluding diaryl/α,β-unsaturated/α-hetero) is 1. The van der Waals surface area contributed by atoms with Gasteiger partial charge in [-0.3, -0.25) is 4.79 Å². The van der Waals surface area contributed by atoms with Crippen LogP contribution in [0.1, 0.15) is 17.3 Å². The number of ketones is 1. The molecule has 0 aliphatic rings. The van der Waals surface area contributed by atoms with E-state index in [0.717, 1.165) is 0 Å². The van der Waals surface area contributed by atoms with Crippen LogP contribution in [0.4, 0.5) is 8.78 Å². The molecule has 0 aliphatic carbocycles. The van der Waals surface area contributed by atoms with Crippen LogP contribution < -0.4 is 4.72 Å². The molecule has 0 saturated carbocycles. The Hall–Kier alpha value is -1.38. The maximum Gasteiger partial charge on any atom is 0.261 e. The second-order valence-electron chi connectivity index (χ2n) is 3.94. The first-order valence-electron chi connectivity index (χ1n) is 5.79. The number of nitrogens with one attached hydrogen (secondary N) is 1. The highest BCUT2D eigenvalue weighted by molar-refractivity contribution is 7.89. The van der Waals surface area contributed by atoms with Crippen LogP contribution in [-0.2, 0) is 14.8 Å². The third-order valence-corrected chi connectivity index (χ3v) is 3.83. The normalized spacial score (nSPS) is 11.8. The molecule has 20 heavy (non-hydrogen) atoms. The number of hydrogen-bond donors (Lipinski definition) is 1. The van der Waals surface area contributed by atoms with E-state index < -0.39 is 23.1 Å². The summed E-state index contributed by atoms with van der Waals surface area (Å²) in [4.78, 5) is 11.1. The number of carbonyl (C=O) groups is 1. The zero-order valence-corrected chi connectivity index (χ0v) is 11.6. The molecule has 0 unspecified atom stereocenters. The van der Waals surface area contributed by atoms with E-state index in [1.807, 2.05) is 0 Å². The van der Waals surface area contributed by atoms with Crippen molar-refractivity contribution in [2.75, 3.05) is 19.8 Å². The number of rotatable bonds is 8. The minimum Gasteiger partial charge on any atom is -0.374 e. The van der Waals surface area contributed by atoms with Gasteiger partial charge in [0, 0.05) is 12.1 Å². The summed E-state index contributed by atoms with van der Waals surface area (Å²) in [6.45, 7) is 0.399. The first-order chi connectivity index (χ1) is 9.33. The van der Waals surface area contributed by atoms with Crippen LogP contribution in [0.15, 0.2) is 29.2 Å². The summed E-state index contributed by atoms with van der Waals surface area (Å²) < 4.78 is 53.9. The average Bonchev–Trinajstić information content (AvgIpc) is 2.38. The van der Waals surface area contributed by atoms with Crippen molar-refractivity contribution in [3.8, 4) is 0 Å². The van der Waals surface area contributed by atoms with Crippen LogP contribution in [-0.4, -0.2) is 40.4 Å². The van der Waals surface area contributed by atoms with Gasteiger partial charge in [-0.25, -0.2) is 21.9 Å². The lowest BCUT2D eigenvalue weighted by atomic mass is 10.2. The third kappa shape index (κ3) is 5.32. The fourth-order valence-electron chi connectivity index (χ4n) is 1.37. The Kier molecular flexibility index (Phi) is 6.18. The number of halogens is 2. The van der Waals surface area contributed by atoms with E-state index in [1.54, 1.807) is 0 Å². The zero-order valence-electron chi connectivity index (χ0n) is 10.8. The van der Waals surface area contributed by atoms with Crippen LogP contribution >= 0.6 is 0 Å². The first-order valence-corrected chi connectivity index (χ1v) is 7.28. The van der Waals surface area contributed by atoms with Crippen molar-refractivity contribution in [2.45, 2.75) is 18.2 Å². The standard InChI is InChI=1S/C12H15F2NO4S/c1-9(16)10-2-4-11(5-3-10)20(17,18)15-6-7-19-8-12(13)14/h2-5,12,15H,6-8H2,1H3. The second-order valence-corrected chi connectivity index (χ2v) is 5.71. The van der Waals surface area contributed by atoms with Crippen molar-refractivity contribution in [1.82, 2.24) is 4.72 Å². The highest BCUT2D eigenvalue weighted by Gasteiger charge is 2.13. The summed E-state index contributed by atoms with van der Waals surface area (Å²) in [6.07, 6.45) is -2.58. The summed E-state index contributed by atoms with van der Waals surface area (Å²) in [7, 11) is -3.73. The molecule has 1 aromatic rings. The molecule has 5 nitrogen and oxygen atoms in total. The van der Waals surface area contributed by atoms with Gasteiger partial charge in [0.25, 0.3) is 6.43 Å². The predicted octanol–water partition coefficient (Wildman–Crippen LogP) is 1.45. The molecule has 1 N–H and O–H groups in total. The van der Waals surface area contributed by atoms with Crippen LogP contribution in [0, 0.1) is 0 Å². The van der Waals surface area contributed by atoms with Gasteiger partial charge in [-0.2, -0.15) is 0 Å². The third-order valence-electron chi connectivity index (χ3n) is 2.35.